The maximum atomic E-state index is 13.0. The van der Waals surface area contributed by atoms with Gasteiger partial charge in [-0.25, -0.2) is 4.39 Å². The minimum Gasteiger partial charge on any atom is -0.384 e. The Bertz CT molecular complexity index is 682. The number of carbonyl (C=O) groups excluding carboxylic acids is 1. The lowest BCUT2D eigenvalue weighted by molar-refractivity contribution is 0.0526. The number of nitrogens with one attached hydrogen (secondary N) is 1. The Morgan fingerprint density at radius 3 is 2.29 bits per heavy atom. The van der Waals surface area contributed by atoms with Crippen LogP contribution in [0.5, 0.6) is 0 Å². The number of halogens is 1. The number of hydrogen-bond donors (Lipinski definition) is 2. The molecule has 2 N–H and O–H groups in total. The molecule has 24 heavy (non-hydrogen) atoms. The van der Waals surface area contributed by atoms with Crippen LogP contribution < -0.4 is 10.2 Å². The second kappa shape index (κ2) is 7.45. The van der Waals surface area contributed by atoms with Gasteiger partial charge in [0.25, 0.3) is 5.91 Å². The van der Waals surface area contributed by atoms with Crippen molar-refractivity contribution in [1.29, 1.82) is 0 Å². The van der Waals surface area contributed by atoms with Gasteiger partial charge in [0.1, 0.15) is 11.4 Å². The van der Waals surface area contributed by atoms with Gasteiger partial charge in [0, 0.05) is 24.8 Å². The summed E-state index contributed by atoms with van der Waals surface area (Å²) < 4.78 is 13.0. The van der Waals surface area contributed by atoms with Gasteiger partial charge in [-0.3, -0.25) is 4.79 Å². The van der Waals surface area contributed by atoms with Gasteiger partial charge >= 0.3 is 0 Å². The molecule has 1 atom stereocenters. The normalized spacial score (nSPS) is 13.2. The van der Waals surface area contributed by atoms with Gasteiger partial charge in [0.05, 0.1) is 6.54 Å². The lowest BCUT2D eigenvalue weighted by Crippen LogP contribution is -2.38. The zero-order valence-electron chi connectivity index (χ0n) is 14.2. The summed E-state index contributed by atoms with van der Waals surface area (Å²) in [6, 6.07) is 12.9. The topological polar surface area (TPSA) is 52.6 Å². The molecule has 5 heteroatoms. The highest BCUT2D eigenvalue weighted by Gasteiger charge is 2.24. The number of hydrogen-bond acceptors (Lipinski definition) is 3. The molecule has 0 aromatic heterocycles. The maximum absolute atomic E-state index is 13.0. The number of rotatable bonds is 6. The highest BCUT2D eigenvalue weighted by molar-refractivity contribution is 5.94. The van der Waals surface area contributed by atoms with E-state index in [-0.39, 0.29) is 18.3 Å². The second-order valence-corrected chi connectivity index (χ2v) is 6.02. The first kappa shape index (κ1) is 17.9. The molecule has 0 fully saturated rings. The number of aliphatic hydroxyl groups is 1. The van der Waals surface area contributed by atoms with Crippen LogP contribution >= 0.6 is 0 Å². The fourth-order valence-electron chi connectivity index (χ4n) is 2.32. The zero-order valence-corrected chi connectivity index (χ0v) is 14.2. The molecule has 0 aliphatic heterocycles. The van der Waals surface area contributed by atoms with Crippen LogP contribution in [0.2, 0.25) is 0 Å². The molecule has 1 unspecified atom stereocenters. The quantitative estimate of drug-likeness (QED) is 0.856. The minimum absolute atomic E-state index is 0.0358. The van der Waals surface area contributed by atoms with Crippen molar-refractivity contribution in [2.75, 3.05) is 25.0 Å². The van der Waals surface area contributed by atoms with Crippen LogP contribution in [0.15, 0.2) is 48.5 Å². The Labute approximate surface area is 141 Å². The predicted octanol–water partition coefficient (Wildman–Crippen LogP) is 2.92. The fourth-order valence-corrected chi connectivity index (χ4v) is 2.32. The van der Waals surface area contributed by atoms with Crippen LogP contribution in [0.1, 0.15) is 29.8 Å². The van der Waals surface area contributed by atoms with Crippen LogP contribution in [0, 0.1) is 5.82 Å². The van der Waals surface area contributed by atoms with Gasteiger partial charge in [-0.2, -0.15) is 0 Å². The molecule has 0 aliphatic rings. The molecule has 128 valence electrons. The lowest BCUT2D eigenvalue weighted by atomic mass is 9.96. The highest BCUT2D eigenvalue weighted by atomic mass is 19.1. The fraction of sp³-hybridized carbons (Fsp3) is 0.316. The van der Waals surface area contributed by atoms with Crippen molar-refractivity contribution in [3.63, 3.8) is 0 Å². The SMILES string of the molecule is CCN(C)c1ccc(C(=O)NCC(C)(O)c2ccc(F)cc2)cc1. The van der Waals surface area contributed by atoms with E-state index in [2.05, 4.69) is 17.1 Å². The molecule has 0 aliphatic carbocycles. The van der Waals surface area contributed by atoms with Crippen molar-refractivity contribution in [2.24, 2.45) is 0 Å². The molecular weight excluding hydrogens is 307 g/mol. The third-order valence-electron chi connectivity index (χ3n) is 4.10. The van der Waals surface area contributed by atoms with Crippen molar-refractivity contribution < 1.29 is 14.3 Å². The van der Waals surface area contributed by atoms with Crippen molar-refractivity contribution in [3.8, 4) is 0 Å². The highest BCUT2D eigenvalue weighted by Crippen LogP contribution is 2.20. The van der Waals surface area contributed by atoms with E-state index in [9.17, 15) is 14.3 Å². The molecule has 1 amide bonds. The van der Waals surface area contributed by atoms with Crippen LogP contribution in [0.3, 0.4) is 0 Å². The van der Waals surface area contributed by atoms with Gasteiger partial charge in [0.15, 0.2) is 0 Å². The van der Waals surface area contributed by atoms with E-state index in [1.807, 2.05) is 19.2 Å². The Hall–Kier alpha value is -2.40. The van der Waals surface area contributed by atoms with E-state index in [1.54, 1.807) is 19.1 Å². The third-order valence-corrected chi connectivity index (χ3v) is 4.10. The summed E-state index contributed by atoms with van der Waals surface area (Å²) in [6.45, 7) is 4.55. The average Bonchev–Trinajstić information content (AvgIpc) is 2.59. The van der Waals surface area contributed by atoms with Crippen LogP contribution in [-0.4, -0.2) is 31.2 Å². The summed E-state index contributed by atoms with van der Waals surface area (Å²) in [7, 11) is 1.98. The van der Waals surface area contributed by atoms with Gasteiger partial charge in [-0.05, 0) is 55.8 Å². The monoisotopic (exact) mass is 330 g/mol. The summed E-state index contributed by atoms with van der Waals surface area (Å²) in [4.78, 5) is 14.3. The van der Waals surface area contributed by atoms with E-state index in [0.29, 0.717) is 11.1 Å². The Morgan fingerprint density at radius 2 is 1.75 bits per heavy atom. The van der Waals surface area contributed by atoms with Crippen molar-refractivity contribution in [1.82, 2.24) is 5.32 Å². The Balaban J connectivity index is 2.00. The van der Waals surface area contributed by atoms with E-state index >= 15 is 0 Å². The van der Waals surface area contributed by atoms with Crippen LogP contribution in [0.4, 0.5) is 10.1 Å². The first-order valence-electron chi connectivity index (χ1n) is 7.91. The summed E-state index contributed by atoms with van der Waals surface area (Å²) in [5.74, 6) is -0.626. The number of amides is 1. The first-order chi connectivity index (χ1) is 11.3. The number of anilines is 1. The molecule has 0 radical (unpaired) electrons. The molecule has 0 heterocycles. The molecular formula is C19H23FN2O2. The smallest absolute Gasteiger partial charge is 0.251 e. The van der Waals surface area contributed by atoms with Crippen molar-refractivity contribution >= 4 is 11.6 Å². The number of nitrogens with zero attached hydrogens (tertiary/aromatic N) is 1. The first-order valence-corrected chi connectivity index (χ1v) is 7.91. The summed E-state index contributed by atoms with van der Waals surface area (Å²) in [5, 5.41) is 13.2. The molecule has 2 rings (SSSR count). The van der Waals surface area contributed by atoms with Crippen LogP contribution in [-0.2, 0) is 5.60 Å². The minimum atomic E-state index is -1.27. The number of benzene rings is 2. The van der Waals surface area contributed by atoms with Crippen LogP contribution in [0.25, 0.3) is 0 Å². The molecule has 0 spiro atoms. The third kappa shape index (κ3) is 4.32. The van der Waals surface area contributed by atoms with Gasteiger partial charge in [-0.1, -0.05) is 12.1 Å². The average molecular weight is 330 g/mol. The molecule has 0 saturated carbocycles. The van der Waals surface area contributed by atoms with E-state index < -0.39 is 5.60 Å². The Morgan fingerprint density at radius 1 is 1.17 bits per heavy atom. The summed E-state index contributed by atoms with van der Waals surface area (Å²) >= 11 is 0. The number of carbonyl (C=O) groups is 1. The summed E-state index contributed by atoms with van der Waals surface area (Å²) in [6.07, 6.45) is 0. The van der Waals surface area contributed by atoms with Crippen molar-refractivity contribution in [3.05, 3.63) is 65.5 Å². The lowest BCUT2D eigenvalue weighted by Gasteiger charge is -2.24. The van der Waals surface area contributed by atoms with E-state index in [0.717, 1.165) is 12.2 Å². The maximum Gasteiger partial charge on any atom is 0.251 e. The second-order valence-electron chi connectivity index (χ2n) is 6.02. The van der Waals surface area contributed by atoms with E-state index in [1.165, 1.54) is 24.3 Å². The van der Waals surface area contributed by atoms with Gasteiger partial charge < -0.3 is 15.3 Å². The Kier molecular flexibility index (Phi) is 5.57. The molecule has 2 aromatic carbocycles. The van der Waals surface area contributed by atoms with Gasteiger partial charge in [0.2, 0.25) is 0 Å². The van der Waals surface area contributed by atoms with E-state index in [4.69, 9.17) is 0 Å². The molecule has 0 saturated heterocycles. The largest absolute Gasteiger partial charge is 0.384 e. The molecule has 4 nitrogen and oxygen atoms in total. The standard InChI is InChI=1S/C19H23FN2O2/c1-4-22(3)17-11-5-14(6-12-17)18(23)21-13-19(2,24)15-7-9-16(20)10-8-15/h5-12,24H,4,13H2,1-3H3,(H,21,23). The van der Waals surface area contributed by atoms with Crippen molar-refractivity contribution in [2.45, 2.75) is 19.4 Å². The zero-order chi connectivity index (χ0) is 17.7. The van der Waals surface area contributed by atoms with Gasteiger partial charge in [-0.15, -0.1) is 0 Å². The molecule has 0 bridgehead atoms. The summed E-state index contributed by atoms with van der Waals surface area (Å²) in [5.41, 5.74) is 0.834. The molecule has 2 aromatic rings. The predicted molar refractivity (Wildman–Crippen MR) is 93.7 cm³/mol.